The molecular formula is C20H19F6N5O2. The van der Waals surface area contributed by atoms with Crippen molar-refractivity contribution >= 4 is 17.4 Å². The zero-order valence-corrected chi connectivity index (χ0v) is 17.7. The maximum atomic E-state index is 13.0. The van der Waals surface area contributed by atoms with Crippen LogP contribution in [0.3, 0.4) is 0 Å². The van der Waals surface area contributed by atoms with E-state index in [4.69, 9.17) is 4.74 Å². The van der Waals surface area contributed by atoms with Crippen LogP contribution in [0.2, 0.25) is 0 Å². The summed E-state index contributed by atoms with van der Waals surface area (Å²) in [6, 6.07) is 2.75. The number of nitrogens with one attached hydrogen (secondary N) is 1. The molecule has 2 aromatic heterocycles. The number of carbonyl (C=O) groups is 1. The SMILES string of the molecule is CCOc1ccc(C(F)(F)F)cc1NC(=O)CCc1c(C)nc2nc(C(F)(F)F)nn2c1C. The number of rotatable bonds is 6. The van der Waals surface area contributed by atoms with E-state index in [0.29, 0.717) is 17.0 Å². The summed E-state index contributed by atoms with van der Waals surface area (Å²) in [4.78, 5) is 19.9. The van der Waals surface area contributed by atoms with Gasteiger partial charge in [0.1, 0.15) is 5.75 Å². The van der Waals surface area contributed by atoms with E-state index in [0.717, 1.165) is 22.7 Å². The number of ether oxygens (including phenoxy) is 1. The lowest BCUT2D eigenvalue weighted by molar-refractivity contribution is -0.144. The lowest BCUT2D eigenvalue weighted by atomic mass is 10.1. The second-order valence-electron chi connectivity index (χ2n) is 7.10. The second kappa shape index (κ2) is 8.87. The van der Waals surface area contributed by atoms with Crippen molar-refractivity contribution in [2.75, 3.05) is 11.9 Å². The molecule has 0 aliphatic rings. The van der Waals surface area contributed by atoms with Gasteiger partial charge in [-0.2, -0.15) is 31.3 Å². The minimum Gasteiger partial charge on any atom is -0.492 e. The van der Waals surface area contributed by atoms with E-state index >= 15 is 0 Å². The Balaban J connectivity index is 1.81. The highest BCUT2D eigenvalue weighted by Gasteiger charge is 2.37. The highest BCUT2D eigenvalue weighted by atomic mass is 19.4. The molecule has 0 radical (unpaired) electrons. The van der Waals surface area contributed by atoms with Crippen LogP contribution in [0, 0.1) is 13.8 Å². The second-order valence-corrected chi connectivity index (χ2v) is 7.10. The topological polar surface area (TPSA) is 81.4 Å². The van der Waals surface area contributed by atoms with Gasteiger partial charge in [-0.05, 0) is 51.0 Å². The molecule has 0 saturated heterocycles. The average Bonchev–Trinajstić information content (AvgIpc) is 3.13. The lowest BCUT2D eigenvalue weighted by Crippen LogP contribution is -2.16. The van der Waals surface area contributed by atoms with Gasteiger partial charge in [-0.3, -0.25) is 4.79 Å². The molecule has 1 aromatic carbocycles. The number of nitrogens with zero attached hydrogens (tertiary/aromatic N) is 4. The zero-order chi connectivity index (χ0) is 24.6. The molecule has 0 spiro atoms. The quantitative estimate of drug-likeness (QED) is 0.521. The number of alkyl halides is 6. The molecule has 1 amide bonds. The first-order valence-corrected chi connectivity index (χ1v) is 9.75. The fourth-order valence-corrected chi connectivity index (χ4v) is 3.23. The average molecular weight is 475 g/mol. The van der Waals surface area contributed by atoms with Gasteiger partial charge < -0.3 is 10.1 Å². The van der Waals surface area contributed by atoms with Crippen molar-refractivity contribution in [2.24, 2.45) is 0 Å². The number of hydrogen-bond acceptors (Lipinski definition) is 5. The maximum Gasteiger partial charge on any atom is 0.453 e. The van der Waals surface area contributed by atoms with Crippen molar-refractivity contribution in [1.82, 2.24) is 19.6 Å². The Morgan fingerprint density at radius 3 is 2.39 bits per heavy atom. The summed E-state index contributed by atoms with van der Waals surface area (Å²) in [5.41, 5.74) is 0.0785. The van der Waals surface area contributed by atoms with Crippen LogP contribution in [0.15, 0.2) is 18.2 Å². The number of carbonyl (C=O) groups excluding carboxylic acids is 1. The molecule has 0 atom stereocenters. The van der Waals surface area contributed by atoms with E-state index in [9.17, 15) is 31.1 Å². The number of aryl methyl sites for hydroxylation is 2. The summed E-state index contributed by atoms with van der Waals surface area (Å²) in [6.45, 7) is 4.90. The molecule has 178 valence electrons. The summed E-state index contributed by atoms with van der Waals surface area (Å²) in [5.74, 6) is -2.09. The first kappa shape index (κ1) is 24.3. The molecule has 13 heteroatoms. The number of hydrogen-bond donors (Lipinski definition) is 1. The van der Waals surface area contributed by atoms with E-state index in [1.54, 1.807) is 13.8 Å². The maximum absolute atomic E-state index is 13.0. The molecule has 3 rings (SSSR count). The van der Waals surface area contributed by atoms with Crippen molar-refractivity contribution in [3.05, 3.63) is 46.5 Å². The van der Waals surface area contributed by atoms with Gasteiger partial charge in [-0.1, -0.05) is 0 Å². The first-order valence-electron chi connectivity index (χ1n) is 9.75. The lowest BCUT2D eigenvalue weighted by Gasteiger charge is -2.15. The van der Waals surface area contributed by atoms with E-state index in [1.165, 1.54) is 6.92 Å². The van der Waals surface area contributed by atoms with Crippen LogP contribution in [-0.2, 0) is 23.6 Å². The fraction of sp³-hybridized carbons (Fsp3) is 0.400. The van der Waals surface area contributed by atoms with Gasteiger partial charge in [-0.15, -0.1) is 5.10 Å². The van der Waals surface area contributed by atoms with E-state index in [2.05, 4.69) is 20.4 Å². The Bertz CT molecular complexity index is 1190. The Morgan fingerprint density at radius 1 is 1.09 bits per heavy atom. The van der Waals surface area contributed by atoms with Crippen LogP contribution in [-0.4, -0.2) is 32.1 Å². The Labute approximate surface area is 183 Å². The third kappa shape index (κ3) is 5.34. The minimum absolute atomic E-state index is 0.0661. The molecule has 0 aliphatic carbocycles. The Hall–Kier alpha value is -3.38. The van der Waals surface area contributed by atoms with Gasteiger partial charge in [0, 0.05) is 17.8 Å². The molecule has 0 bridgehead atoms. The molecule has 33 heavy (non-hydrogen) atoms. The number of halogens is 6. The number of amides is 1. The van der Waals surface area contributed by atoms with Crippen LogP contribution >= 0.6 is 0 Å². The molecule has 3 aromatic rings. The molecule has 1 N–H and O–H groups in total. The van der Waals surface area contributed by atoms with Crippen molar-refractivity contribution < 1.29 is 35.9 Å². The van der Waals surface area contributed by atoms with Crippen LogP contribution < -0.4 is 10.1 Å². The van der Waals surface area contributed by atoms with Crippen molar-refractivity contribution in [3.63, 3.8) is 0 Å². The minimum atomic E-state index is -4.74. The summed E-state index contributed by atoms with van der Waals surface area (Å²) in [5, 5.41) is 5.85. The molecule has 2 heterocycles. The van der Waals surface area contributed by atoms with E-state index < -0.39 is 29.6 Å². The normalized spacial score (nSPS) is 12.3. The molecular weight excluding hydrogens is 456 g/mol. The first-order chi connectivity index (χ1) is 15.3. The van der Waals surface area contributed by atoms with Crippen LogP contribution in [0.4, 0.5) is 32.0 Å². The van der Waals surface area contributed by atoms with Crippen molar-refractivity contribution in [1.29, 1.82) is 0 Å². The van der Waals surface area contributed by atoms with Gasteiger partial charge in [0.05, 0.1) is 17.9 Å². The number of anilines is 1. The van der Waals surface area contributed by atoms with Crippen LogP contribution in [0.25, 0.3) is 5.78 Å². The summed E-state index contributed by atoms with van der Waals surface area (Å²) >= 11 is 0. The van der Waals surface area contributed by atoms with Crippen molar-refractivity contribution in [3.8, 4) is 5.75 Å². The number of fused-ring (bicyclic) bond motifs is 1. The third-order valence-electron chi connectivity index (χ3n) is 4.79. The monoisotopic (exact) mass is 475 g/mol. The van der Waals surface area contributed by atoms with Crippen LogP contribution in [0.1, 0.15) is 41.7 Å². The van der Waals surface area contributed by atoms with Crippen LogP contribution in [0.5, 0.6) is 5.75 Å². The summed E-state index contributed by atoms with van der Waals surface area (Å²) in [7, 11) is 0. The standard InChI is InChI=1S/C20H19F6N5O2/c1-4-33-15-7-5-12(19(21,22)23)9-14(15)28-16(32)8-6-13-10(2)27-18-29-17(20(24,25)26)30-31(18)11(13)3/h5,7,9H,4,6,8H2,1-3H3,(H,28,32). The Morgan fingerprint density at radius 2 is 1.79 bits per heavy atom. The number of benzene rings is 1. The molecule has 0 saturated carbocycles. The summed E-state index contributed by atoms with van der Waals surface area (Å²) in [6.07, 6.45) is -9.45. The smallest absolute Gasteiger partial charge is 0.453 e. The van der Waals surface area contributed by atoms with Gasteiger partial charge in [-0.25, -0.2) is 9.50 Å². The van der Waals surface area contributed by atoms with Gasteiger partial charge >= 0.3 is 12.4 Å². The Kier molecular flexibility index (Phi) is 6.52. The molecule has 7 nitrogen and oxygen atoms in total. The largest absolute Gasteiger partial charge is 0.492 e. The fourth-order valence-electron chi connectivity index (χ4n) is 3.23. The zero-order valence-electron chi connectivity index (χ0n) is 17.7. The van der Waals surface area contributed by atoms with Crippen molar-refractivity contribution in [2.45, 2.75) is 46.0 Å². The predicted molar refractivity (Wildman–Crippen MR) is 105 cm³/mol. The predicted octanol–water partition coefficient (Wildman–Crippen LogP) is 4.75. The number of aromatic nitrogens is 4. The summed E-state index contributed by atoms with van der Waals surface area (Å²) < 4.78 is 84.1. The molecule has 0 unspecified atom stereocenters. The highest BCUT2D eigenvalue weighted by molar-refractivity contribution is 5.92. The van der Waals surface area contributed by atoms with E-state index in [-0.39, 0.29) is 36.7 Å². The van der Waals surface area contributed by atoms with Gasteiger partial charge in [0.25, 0.3) is 11.6 Å². The molecule has 0 aliphatic heterocycles. The van der Waals surface area contributed by atoms with Gasteiger partial charge in [0.15, 0.2) is 0 Å². The van der Waals surface area contributed by atoms with Gasteiger partial charge in [0.2, 0.25) is 5.91 Å². The molecule has 0 fully saturated rings. The van der Waals surface area contributed by atoms with E-state index in [1.807, 2.05) is 0 Å². The third-order valence-corrected chi connectivity index (χ3v) is 4.79. The highest BCUT2D eigenvalue weighted by Crippen LogP contribution is 2.35.